The minimum atomic E-state index is -0.754. The van der Waals surface area contributed by atoms with Crippen molar-refractivity contribution in [1.82, 2.24) is 10.3 Å². The topological polar surface area (TPSA) is 62.2 Å². The van der Waals surface area contributed by atoms with E-state index in [-0.39, 0.29) is 12.0 Å². The van der Waals surface area contributed by atoms with Crippen LogP contribution in [0.25, 0.3) is 10.2 Å². The van der Waals surface area contributed by atoms with Crippen LogP contribution in [-0.2, 0) is 4.79 Å². The van der Waals surface area contributed by atoms with Crippen LogP contribution in [0.2, 0.25) is 0 Å². The molecule has 0 spiro atoms. The summed E-state index contributed by atoms with van der Waals surface area (Å²) in [6, 6.07) is 7.51. The molecule has 5 heteroatoms. The Balaban J connectivity index is 1.78. The van der Waals surface area contributed by atoms with Gasteiger partial charge in [-0.15, -0.1) is 11.3 Å². The van der Waals surface area contributed by atoms with Crippen molar-refractivity contribution in [2.24, 2.45) is 5.92 Å². The maximum Gasteiger partial charge on any atom is 0.321 e. The van der Waals surface area contributed by atoms with Crippen LogP contribution in [0.4, 0.5) is 0 Å². The Labute approximate surface area is 115 Å². The molecule has 2 atom stereocenters. The summed E-state index contributed by atoms with van der Waals surface area (Å²) >= 11 is 1.62. The van der Waals surface area contributed by atoms with Crippen molar-refractivity contribution in [3.8, 4) is 0 Å². The van der Waals surface area contributed by atoms with Crippen molar-refractivity contribution in [2.75, 3.05) is 0 Å². The predicted molar refractivity (Wildman–Crippen MR) is 75.3 cm³/mol. The lowest BCUT2D eigenvalue weighted by Crippen LogP contribution is -2.39. The molecule has 0 aliphatic heterocycles. The first-order chi connectivity index (χ1) is 9.15. The number of carboxylic acid groups (broad SMARTS) is 1. The predicted octanol–water partition coefficient (Wildman–Crippen LogP) is 2.81. The number of carboxylic acids is 1. The molecule has 2 unspecified atom stereocenters. The number of fused-ring (bicyclic) bond motifs is 1. The molecule has 2 N–H and O–H groups in total. The number of para-hydroxylation sites is 1. The summed E-state index contributed by atoms with van der Waals surface area (Å²) in [5.74, 6) is -0.468. The first-order valence-corrected chi connectivity index (χ1v) is 7.31. The number of nitrogens with one attached hydrogen (secondary N) is 1. The number of thiazole rings is 1. The summed E-state index contributed by atoms with van der Waals surface area (Å²) in [5.41, 5.74) is 0.981. The Kier molecular flexibility index (Phi) is 3.24. The summed E-state index contributed by atoms with van der Waals surface area (Å²) in [4.78, 5) is 15.8. The van der Waals surface area contributed by atoms with E-state index in [2.05, 4.69) is 10.3 Å². The molecule has 0 bridgehead atoms. The molecular formula is C14H16N2O2S. The fourth-order valence-electron chi connectivity index (χ4n) is 2.25. The second kappa shape index (κ2) is 4.90. The largest absolute Gasteiger partial charge is 0.480 e. The van der Waals surface area contributed by atoms with Gasteiger partial charge in [0.25, 0.3) is 0 Å². The van der Waals surface area contributed by atoms with E-state index in [0.29, 0.717) is 0 Å². The normalized spacial score (nSPS) is 18.4. The molecule has 4 nitrogen and oxygen atoms in total. The standard InChI is InChI=1S/C14H16N2O2S/c1-8(15-12(14(17)18)9-6-7-9)13-16-10-4-2-3-5-11(10)19-13/h2-5,8-9,12,15H,6-7H2,1H3,(H,17,18). The number of carbonyl (C=O) groups is 1. The summed E-state index contributed by atoms with van der Waals surface area (Å²) in [5, 5.41) is 13.4. The zero-order valence-electron chi connectivity index (χ0n) is 10.7. The van der Waals surface area contributed by atoms with Gasteiger partial charge < -0.3 is 5.11 Å². The highest BCUT2D eigenvalue weighted by Gasteiger charge is 2.37. The monoisotopic (exact) mass is 276 g/mol. The molecule has 1 saturated carbocycles. The van der Waals surface area contributed by atoms with Crippen LogP contribution in [0.3, 0.4) is 0 Å². The van der Waals surface area contributed by atoms with Crippen LogP contribution in [0, 0.1) is 5.92 Å². The zero-order valence-corrected chi connectivity index (χ0v) is 11.5. The maximum absolute atomic E-state index is 11.2. The van der Waals surface area contributed by atoms with Gasteiger partial charge in [0.1, 0.15) is 11.0 Å². The molecule has 0 saturated heterocycles. The number of benzene rings is 1. The third-order valence-corrected chi connectivity index (χ3v) is 4.69. The number of aliphatic carboxylic acids is 1. The molecule has 0 amide bonds. The Bertz CT molecular complexity index is 573. The number of hydrogen-bond acceptors (Lipinski definition) is 4. The van der Waals surface area contributed by atoms with Gasteiger partial charge in [0, 0.05) is 0 Å². The molecule has 2 aromatic rings. The van der Waals surface area contributed by atoms with Gasteiger partial charge in [-0.1, -0.05) is 12.1 Å². The first kappa shape index (κ1) is 12.6. The van der Waals surface area contributed by atoms with Gasteiger partial charge in [0.05, 0.1) is 16.3 Å². The molecule has 0 radical (unpaired) electrons. The van der Waals surface area contributed by atoms with Gasteiger partial charge in [0.15, 0.2) is 0 Å². The number of nitrogens with zero attached hydrogens (tertiary/aromatic N) is 1. The lowest BCUT2D eigenvalue weighted by atomic mass is 10.1. The molecule has 1 aliphatic carbocycles. The second-order valence-corrected chi connectivity index (χ2v) is 6.12. The third-order valence-electron chi connectivity index (χ3n) is 3.47. The molecule has 1 aromatic heterocycles. The highest BCUT2D eigenvalue weighted by Crippen LogP contribution is 2.34. The number of hydrogen-bond donors (Lipinski definition) is 2. The highest BCUT2D eigenvalue weighted by atomic mass is 32.1. The Hall–Kier alpha value is -1.46. The lowest BCUT2D eigenvalue weighted by Gasteiger charge is -2.18. The van der Waals surface area contributed by atoms with Crippen molar-refractivity contribution < 1.29 is 9.90 Å². The average molecular weight is 276 g/mol. The summed E-state index contributed by atoms with van der Waals surface area (Å²) in [6.45, 7) is 1.98. The Morgan fingerprint density at radius 1 is 1.47 bits per heavy atom. The van der Waals surface area contributed by atoms with Crippen molar-refractivity contribution >= 4 is 27.5 Å². The van der Waals surface area contributed by atoms with E-state index < -0.39 is 12.0 Å². The fourth-order valence-corrected chi connectivity index (χ4v) is 3.23. The van der Waals surface area contributed by atoms with Crippen LogP contribution in [0.5, 0.6) is 0 Å². The van der Waals surface area contributed by atoms with Gasteiger partial charge >= 0.3 is 5.97 Å². The van der Waals surface area contributed by atoms with E-state index in [0.717, 1.165) is 28.1 Å². The van der Waals surface area contributed by atoms with Crippen LogP contribution in [0.15, 0.2) is 24.3 Å². The minimum absolute atomic E-state index is 0.0286. The molecule has 100 valence electrons. The van der Waals surface area contributed by atoms with Crippen molar-refractivity contribution in [3.63, 3.8) is 0 Å². The third kappa shape index (κ3) is 2.62. The van der Waals surface area contributed by atoms with Gasteiger partial charge in [-0.3, -0.25) is 10.1 Å². The van der Waals surface area contributed by atoms with E-state index in [4.69, 9.17) is 0 Å². The summed E-state index contributed by atoms with van der Waals surface area (Å²) in [6.07, 6.45) is 2.02. The molecule has 1 aliphatic rings. The quantitative estimate of drug-likeness (QED) is 0.881. The SMILES string of the molecule is CC(NC(C(=O)O)C1CC1)c1nc2ccccc2s1. The number of aromatic nitrogens is 1. The lowest BCUT2D eigenvalue weighted by molar-refractivity contribution is -0.140. The van der Waals surface area contributed by atoms with E-state index in [1.807, 2.05) is 31.2 Å². The summed E-state index contributed by atoms with van der Waals surface area (Å²) < 4.78 is 1.14. The molecular weight excluding hydrogens is 260 g/mol. The first-order valence-electron chi connectivity index (χ1n) is 6.49. The van der Waals surface area contributed by atoms with Crippen molar-refractivity contribution in [2.45, 2.75) is 31.8 Å². The van der Waals surface area contributed by atoms with Crippen LogP contribution in [0.1, 0.15) is 30.8 Å². The fraction of sp³-hybridized carbons (Fsp3) is 0.429. The Morgan fingerprint density at radius 3 is 2.84 bits per heavy atom. The van der Waals surface area contributed by atoms with Crippen LogP contribution in [-0.4, -0.2) is 22.1 Å². The molecule has 1 aromatic carbocycles. The summed E-state index contributed by atoms with van der Waals surface area (Å²) in [7, 11) is 0. The second-order valence-electron chi connectivity index (χ2n) is 5.06. The van der Waals surface area contributed by atoms with E-state index in [9.17, 15) is 9.90 Å². The van der Waals surface area contributed by atoms with Crippen LogP contribution >= 0.6 is 11.3 Å². The van der Waals surface area contributed by atoms with Crippen LogP contribution < -0.4 is 5.32 Å². The number of rotatable bonds is 5. The molecule has 19 heavy (non-hydrogen) atoms. The van der Waals surface area contributed by atoms with E-state index in [1.165, 1.54) is 0 Å². The molecule has 1 fully saturated rings. The van der Waals surface area contributed by atoms with Crippen molar-refractivity contribution in [3.05, 3.63) is 29.3 Å². The van der Waals surface area contributed by atoms with Gasteiger partial charge in [-0.05, 0) is 37.8 Å². The minimum Gasteiger partial charge on any atom is -0.480 e. The van der Waals surface area contributed by atoms with E-state index >= 15 is 0 Å². The van der Waals surface area contributed by atoms with Crippen molar-refractivity contribution in [1.29, 1.82) is 0 Å². The average Bonchev–Trinajstić information content (AvgIpc) is 3.12. The molecule has 3 rings (SSSR count). The van der Waals surface area contributed by atoms with Gasteiger partial charge in [-0.25, -0.2) is 4.98 Å². The smallest absolute Gasteiger partial charge is 0.321 e. The maximum atomic E-state index is 11.2. The zero-order chi connectivity index (χ0) is 13.4. The highest BCUT2D eigenvalue weighted by molar-refractivity contribution is 7.18. The van der Waals surface area contributed by atoms with Gasteiger partial charge in [0.2, 0.25) is 0 Å². The Morgan fingerprint density at radius 2 is 2.21 bits per heavy atom. The van der Waals surface area contributed by atoms with E-state index in [1.54, 1.807) is 11.3 Å². The van der Waals surface area contributed by atoms with Gasteiger partial charge in [-0.2, -0.15) is 0 Å². The molecule has 1 heterocycles.